The molecule has 0 fully saturated rings. The van der Waals surface area contributed by atoms with E-state index in [1.165, 1.54) is 11.3 Å². The Kier molecular flexibility index (Phi) is 6.45. The second-order valence-corrected chi connectivity index (χ2v) is 6.34. The minimum absolute atomic E-state index is 0.0324. The van der Waals surface area contributed by atoms with Crippen LogP contribution in [-0.2, 0) is 11.2 Å². The standard InChI is InChI=1S/C17H22N4O2S/c1-3-5-15(22)19-12-6-4-7-13(11(12)2)21-17(23)14-10-24-16(20-14)8-9-18/h4,6-7,10H,3,5,8-9,18H2,1-2H3,(H,19,22)(H,21,23). The molecule has 2 rings (SSSR count). The topological polar surface area (TPSA) is 97.1 Å². The van der Waals surface area contributed by atoms with Crippen LogP contribution in [0.4, 0.5) is 11.4 Å². The quantitative estimate of drug-likeness (QED) is 0.718. The number of carbonyl (C=O) groups excluding carboxylic acids is 2. The summed E-state index contributed by atoms with van der Waals surface area (Å²) in [5.74, 6) is -0.301. The van der Waals surface area contributed by atoms with E-state index < -0.39 is 0 Å². The van der Waals surface area contributed by atoms with Crippen molar-refractivity contribution in [2.45, 2.75) is 33.1 Å². The third-order valence-electron chi connectivity index (χ3n) is 3.48. The third kappa shape index (κ3) is 4.62. The molecule has 2 amide bonds. The van der Waals surface area contributed by atoms with E-state index in [1.807, 2.05) is 19.9 Å². The number of aromatic nitrogens is 1. The van der Waals surface area contributed by atoms with E-state index in [1.54, 1.807) is 17.5 Å². The molecule has 0 saturated carbocycles. The fourth-order valence-electron chi connectivity index (χ4n) is 2.19. The molecule has 1 aromatic carbocycles. The number of nitrogens with two attached hydrogens (primary N) is 1. The number of nitrogens with zero attached hydrogens (tertiary/aromatic N) is 1. The summed E-state index contributed by atoms with van der Waals surface area (Å²) in [6.45, 7) is 4.32. The normalized spacial score (nSPS) is 10.5. The minimum Gasteiger partial charge on any atom is -0.330 e. The first-order valence-electron chi connectivity index (χ1n) is 7.90. The first-order valence-corrected chi connectivity index (χ1v) is 8.78. The Morgan fingerprint density at radius 1 is 1.25 bits per heavy atom. The van der Waals surface area contributed by atoms with Crippen LogP contribution in [0.25, 0.3) is 0 Å². The van der Waals surface area contributed by atoms with Gasteiger partial charge < -0.3 is 16.4 Å². The van der Waals surface area contributed by atoms with Crippen molar-refractivity contribution in [3.63, 3.8) is 0 Å². The van der Waals surface area contributed by atoms with Crippen molar-refractivity contribution in [3.8, 4) is 0 Å². The molecule has 1 heterocycles. The van der Waals surface area contributed by atoms with E-state index in [0.29, 0.717) is 36.5 Å². The van der Waals surface area contributed by atoms with Gasteiger partial charge in [-0.25, -0.2) is 4.98 Å². The largest absolute Gasteiger partial charge is 0.330 e. The molecule has 0 aliphatic carbocycles. The number of nitrogens with one attached hydrogen (secondary N) is 2. The van der Waals surface area contributed by atoms with Gasteiger partial charge in [0.05, 0.1) is 5.01 Å². The van der Waals surface area contributed by atoms with E-state index in [2.05, 4.69) is 15.6 Å². The van der Waals surface area contributed by atoms with Crippen LogP contribution in [0.3, 0.4) is 0 Å². The summed E-state index contributed by atoms with van der Waals surface area (Å²) in [5, 5.41) is 8.29. The fourth-order valence-corrected chi connectivity index (χ4v) is 2.98. The number of amides is 2. The molecule has 0 bridgehead atoms. The highest BCUT2D eigenvalue weighted by Crippen LogP contribution is 2.24. The highest BCUT2D eigenvalue weighted by Gasteiger charge is 2.13. The van der Waals surface area contributed by atoms with E-state index in [9.17, 15) is 9.59 Å². The second kappa shape index (κ2) is 8.56. The molecule has 0 aliphatic heterocycles. The molecule has 0 unspecified atom stereocenters. The van der Waals surface area contributed by atoms with Gasteiger partial charge in [0.25, 0.3) is 5.91 Å². The van der Waals surface area contributed by atoms with Crippen molar-refractivity contribution in [3.05, 3.63) is 39.8 Å². The predicted octanol–water partition coefficient (Wildman–Crippen LogP) is 2.94. The Morgan fingerprint density at radius 3 is 2.62 bits per heavy atom. The fraction of sp³-hybridized carbons (Fsp3) is 0.353. The molecular formula is C17H22N4O2S. The summed E-state index contributed by atoms with van der Waals surface area (Å²) in [6.07, 6.45) is 1.92. The highest BCUT2D eigenvalue weighted by atomic mass is 32.1. The smallest absolute Gasteiger partial charge is 0.275 e. The third-order valence-corrected chi connectivity index (χ3v) is 4.38. The summed E-state index contributed by atoms with van der Waals surface area (Å²) < 4.78 is 0. The van der Waals surface area contributed by atoms with Gasteiger partial charge >= 0.3 is 0 Å². The Hall–Kier alpha value is -2.25. The number of thiazole rings is 1. The number of carbonyl (C=O) groups is 2. The molecule has 4 N–H and O–H groups in total. The Labute approximate surface area is 145 Å². The maximum Gasteiger partial charge on any atom is 0.275 e. The summed E-state index contributed by atoms with van der Waals surface area (Å²) >= 11 is 1.43. The number of benzene rings is 1. The van der Waals surface area contributed by atoms with Gasteiger partial charge in [-0.3, -0.25) is 9.59 Å². The minimum atomic E-state index is -0.269. The number of hydrogen-bond donors (Lipinski definition) is 3. The van der Waals surface area contributed by atoms with E-state index in [-0.39, 0.29) is 11.8 Å². The van der Waals surface area contributed by atoms with Crippen molar-refractivity contribution in [2.24, 2.45) is 5.73 Å². The first-order chi connectivity index (χ1) is 11.5. The van der Waals surface area contributed by atoms with Gasteiger partial charge in [-0.2, -0.15) is 0 Å². The lowest BCUT2D eigenvalue weighted by molar-refractivity contribution is -0.116. The van der Waals surface area contributed by atoms with Crippen LogP contribution in [0.2, 0.25) is 0 Å². The lowest BCUT2D eigenvalue weighted by Crippen LogP contribution is -2.15. The van der Waals surface area contributed by atoms with Crippen LogP contribution in [-0.4, -0.2) is 23.3 Å². The Balaban J connectivity index is 2.11. The SMILES string of the molecule is CCCC(=O)Nc1cccc(NC(=O)c2csc(CCN)n2)c1C. The lowest BCUT2D eigenvalue weighted by atomic mass is 10.1. The van der Waals surface area contributed by atoms with E-state index in [0.717, 1.165) is 17.0 Å². The van der Waals surface area contributed by atoms with Crippen LogP contribution in [0, 0.1) is 6.92 Å². The van der Waals surface area contributed by atoms with Crippen LogP contribution in [0.5, 0.6) is 0 Å². The molecule has 0 aliphatic rings. The molecule has 2 aromatic rings. The number of anilines is 2. The average Bonchev–Trinajstić information content (AvgIpc) is 3.00. The van der Waals surface area contributed by atoms with Crippen LogP contribution in [0.1, 0.15) is 40.8 Å². The molecule has 0 radical (unpaired) electrons. The molecule has 0 saturated heterocycles. The zero-order valence-electron chi connectivity index (χ0n) is 13.9. The molecule has 24 heavy (non-hydrogen) atoms. The molecule has 1 aromatic heterocycles. The van der Waals surface area contributed by atoms with Gasteiger partial charge in [0.15, 0.2) is 0 Å². The van der Waals surface area contributed by atoms with E-state index in [4.69, 9.17) is 5.73 Å². The van der Waals surface area contributed by atoms with Crippen molar-refractivity contribution < 1.29 is 9.59 Å². The number of hydrogen-bond acceptors (Lipinski definition) is 5. The Morgan fingerprint density at radius 2 is 1.96 bits per heavy atom. The summed E-state index contributed by atoms with van der Waals surface area (Å²) in [5.41, 5.74) is 8.05. The summed E-state index contributed by atoms with van der Waals surface area (Å²) in [4.78, 5) is 28.4. The van der Waals surface area contributed by atoms with Crippen molar-refractivity contribution in [1.29, 1.82) is 0 Å². The van der Waals surface area contributed by atoms with Gasteiger partial charge in [-0.05, 0) is 37.6 Å². The van der Waals surface area contributed by atoms with Crippen LogP contribution < -0.4 is 16.4 Å². The maximum absolute atomic E-state index is 12.3. The molecule has 128 valence electrons. The molecule has 6 nitrogen and oxygen atoms in total. The van der Waals surface area contributed by atoms with Crippen LogP contribution in [0.15, 0.2) is 23.6 Å². The van der Waals surface area contributed by atoms with Gasteiger partial charge in [0.2, 0.25) is 5.91 Å². The monoisotopic (exact) mass is 346 g/mol. The van der Waals surface area contributed by atoms with Gasteiger partial charge in [0, 0.05) is 29.6 Å². The second-order valence-electron chi connectivity index (χ2n) is 5.40. The number of rotatable bonds is 7. The first kappa shape index (κ1) is 18.1. The zero-order chi connectivity index (χ0) is 17.5. The zero-order valence-corrected chi connectivity index (χ0v) is 14.7. The Bertz CT molecular complexity index is 727. The average molecular weight is 346 g/mol. The van der Waals surface area contributed by atoms with Crippen LogP contribution >= 0.6 is 11.3 Å². The van der Waals surface area contributed by atoms with Crippen molar-refractivity contribution in [2.75, 3.05) is 17.2 Å². The van der Waals surface area contributed by atoms with Crippen molar-refractivity contribution >= 4 is 34.5 Å². The van der Waals surface area contributed by atoms with Gasteiger partial charge in [-0.15, -0.1) is 11.3 Å². The summed E-state index contributed by atoms with van der Waals surface area (Å²) in [7, 11) is 0. The summed E-state index contributed by atoms with van der Waals surface area (Å²) in [6, 6.07) is 5.42. The molecule has 0 atom stereocenters. The predicted molar refractivity (Wildman–Crippen MR) is 97.5 cm³/mol. The van der Waals surface area contributed by atoms with Gasteiger partial charge in [-0.1, -0.05) is 13.0 Å². The van der Waals surface area contributed by atoms with Crippen molar-refractivity contribution in [1.82, 2.24) is 4.98 Å². The maximum atomic E-state index is 12.3. The molecule has 7 heteroatoms. The van der Waals surface area contributed by atoms with Gasteiger partial charge in [0.1, 0.15) is 5.69 Å². The highest BCUT2D eigenvalue weighted by molar-refractivity contribution is 7.09. The molecule has 0 spiro atoms. The molecular weight excluding hydrogens is 324 g/mol. The van der Waals surface area contributed by atoms with E-state index >= 15 is 0 Å². The lowest BCUT2D eigenvalue weighted by Gasteiger charge is -2.13.